The molecule has 4 aliphatic rings. The van der Waals surface area contributed by atoms with Gasteiger partial charge < -0.3 is 20.1 Å². The summed E-state index contributed by atoms with van der Waals surface area (Å²) in [6.45, 7) is 15.6. The van der Waals surface area contributed by atoms with E-state index >= 15 is 0 Å². The van der Waals surface area contributed by atoms with Gasteiger partial charge in [0, 0.05) is 38.9 Å². The third kappa shape index (κ3) is 1.62. The molecule has 1 aromatic carbocycles. The van der Waals surface area contributed by atoms with Crippen LogP contribution in [-0.2, 0) is 21.2 Å². The lowest BCUT2D eigenvalue weighted by Crippen LogP contribution is -3.04. The first-order valence-corrected chi connectivity index (χ1v) is 11.3. The zero-order valence-corrected chi connectivity index (χ0v) is 18.8. The van der Waals surface area contributed by atoms with Crippen molar-refractivity contribution in [3.05, 3.63) is 54.7 Å². The van der Waals surface area contributed by atoms with E-state index in [1.807, 2.05) is 5.32 Å². The van der Waals surface area contributed by atoms with Gasteiger partial charge in [-0.15, -0.1) is 6.58 Å². The monoisotopic (exact) mass is 406 g/mol. The molecule has 2 fully saturated rings. The van der Waals surface area contributed by atoms with Crippen LogP contribution in [0.5, 0.6) is 0 Å². The zero-order chi connectivity index (χ0) is 21.5. The molecule has 6 rings (SSSR count). The summed E-state index contributed by atoms with van der Waals surface area (Å²) in [6, 6.07) is 6.57. The standard InChI is InChI=1S/C26H34N2O2/c1-8-24(6)13-12-16-22(2,3)14-10-9-11-15-17(14)18-19(28-15)23(4,5)20-21(30-20)26(24,27-7)25(16,18)29/h8-11,16,20-21,28-29H,1,7,12-13,27H2,2-6H3/t16-,20-,21+,24+,25-,26+/m0/s1. The molecule has 1 saturated heterocycles. The summed E-state index contributed by atoms with van der Waals surface area (Å²) in [7, 11) is 4.36. The van der Waals surface area contributed by atoms with Crippen molar-refractivity contribution in [3.8, 4) is 0 Å². The molecule has 2 heterocycles. The van der Waals surface area contributed by atoms with Gasteiger partial charge in [0.2, 0.25) is 0 Å². The largest absolute Gasteiger partial charge is 0.468 e. The Morgan fingerprint density at radius 2 is 1.93 bits per heavy atom. The second-order valence-electron chi connectivity index (χ2n) is 11.6. The van der Waals surface area contributed by atoms with Crippen LogP contribution in [0.15, 0.2) is 30.9 Å². The third-order valence-electron chi connectivity index (χ3n) is 9.87. The predicted molar refractivity (Wildman–Crippen MR) is 118 cm³/mol. The Labute approximate surface area is 179 Å². The highest BCUT2D eigenvalue weighted by molar-refractivity contribution is 5.92. The number of H-pyrrole nitrogens is 1. The molecule has 0 amide bonds. The fourth-order valence-electron chi connectivity index (χ4n) is 8.15. The van der Waals surface area contributed by atoms with Gasteiger partial charge in [0.1, 0.15) is 17.7 Å². The van der Waals surface area contributed by atoms with Gasteiger partial charge >= 0.3 is 0 Å². The van der Waals surface area contributed by atoms with Gasteiger partial charge in [-0.1, -0.05) is 45.9 Å². The number of ether oxygens (including phenoxy) is 1. The number of nitrogens with two attached hydrogens (primary N) is 1. The summed E-state index contributed by atoms with van der Waals surface area (Å²) in [4.78, 5) is 3.75. The molecule has 3 aliphatic carbocycles. The van der Waals surface area contributed by atoms with Crippen molar-refractivity contribution in [1.82, 2.24) is 4.98 Å². The summed E-state index contributed by atoms with van der Waals surface area (Å²) >= 11 is 0. The van der Waals surface area contributed by atoms with E-state index in [0.717, 1.165) is 29.6 Å². The van der Waals surface area contributed by atoms with Crippen molar-refractivity contribution >= 4 is 10.9 Å². The summed E-state index contributed by atoms with van der Waals surface area (Å²) < 4.78 is 6.49. The van der Waals surface area contributed by atoms with Gasteiger partial charge in [-0.2, -0.15) is 7.05 Å². The Balaban J connectivity index is 1.86. The normalized spacial score (nSPS) is 44.3. The second-order valence-corrected chi connectivity index (χ2v) is 11.6. The molecule has 1 saturated carbocycles. The molecule has 1 aromatic heterocycles. The zero-order valence-electron chi connectivity index (χ0n) is 18.8. The van der Waals surface area contributed by atoms with Gasteiger partial charge in [0.15, 0.2) is 5.60 Å². The highest BCUT2D eigenvalue weighted by Gasteiger charge is 2.82. The maximum absolute atomic E-state index is 13.2. The van der Waals surface area contributed by atoms with Crippen LogP contribution in [0.3, 0.4) is 0 Å². The van der Waals surface area contributed by atoms with E-state index in [9.17, 15) is 5.11 Å². The number of quaternary nitrogens is 1. The van der Waals surface area contributed by atoms with E-state index in [0.29, 0.717) is 0 Å². The van der Waals surface area contributed by atoms with Crippen molar-refractivity contribution < 1.29 is 15.2 Å². The van der Waals surface area contributed by atoms with Gasteiger partial charge in [-0.25, -0.2) is 0 Å². The fraction of sp³-hybridized carbons (Fsp3) is 0.577. The van der Waals surface area contributed by atoms with E-state index < -0.39 is 11.1 Å². The summed E-state index contributed by atoms with van der Waals surface area (Å²) in [6.07, 6.45) is 3.95. The first-order chi connectivity index (χ1) is 14.0. The number of hydrogen-bond acceptors (Lipinski definition) is 2. The Morgan fingerprint density at radius 1 is 1.20 bits per heavy atom. The molecule has 0 bridgehead atoms. The number of aliphatic hydroxyl groups is 1. The highest BCUT2D eigenvalue weighted by Crippen LogP contribution is 2.70. The van der Waals surface area contributed by atoms with E-state index in [1.54, 1.807) is 0 Å². The van der Waals surface area contributed by atoms with Gasteiger partial charge in [-0.05, 0) is 36.8 Å². The summed E-state index contributed by atoms with van der Waals surface area (Å²) in [5.74, 6) is 0.0717. The van der Waals surface area contributed by atoms with Crippen LogP contribution in [0.25, 0.3) is 10.9 Å². The quantitative estimate of drug-likeness (QED) is 0.407. The smallest absolute Gasteiger partial charge is 0.151 e. The lowest BCUT2D eigenvalue weighted by molar-refractivity contribution is -0.721. The molecule has 0 radical (unpaired) electrons. The molecule has 2 aromatic rings. The topological polar surface area (TPSA) is 65.2 Å². The first-order valence-electron chi connectivity index (χ1n) is 11.3. The van der Waals surface area contributed by atoms with Gasteiger partial charge in [-0.3, -0.25) is 0 Å². The number of hydrogen-bond donors (Lipinski definition) is 3. The maximum Gasteiger partial charge on any atom is 0.151 e. The molecular weight excluding hydrogens is 372 g/mol. The number of rotatable bonds is 2. The van der Waals surface area contributed by atoms with Crippen molar-refractivity contribution in [2.75, 3.05) is 0 Å². The summed E-state index contributed by atoms with van der Waals surface area (Å²) in [5.41, 5.74) is 2.30. The van der Waals surface area contributed by atoms with Crippen LogP contribution >= 0.6 is 0 Å². The molecule has 4 N–H and O–H groups in total. The predicted octanol–water partition coefficient (Wildman–Crippen LogP) is 3.40. The lowest BCUT2D eigenvalue weighted by atomic mass is 9.43. The number of aromatic nitrogens is 1. The molecular formula is C26H34N2O2. The van der Waals surface area contributed by atoms with Crippen LogP contribution in [0.4, 0.5) is 0 Å². The number of epoxide rings is 1. The van der Waals surface area contributed by atoms with Crippen molar-refractivity contribution in [2.24, 2.45) is 11.3 Å². The maximum atomic E-state index is 13.2. The van der Waals surface area contributed by atoms with E-state index in [2.05, 4.69) is 77.5 Å². The molecule has 1 aliphatic heterocycles. The van der Waals surface area contributed by atoms with E-state index in [1.165, 1.54) is 10.9 Å². The van der Waals surface area contributed by atoms with Gasteiger partial charge in [0.25, 0.3) is 0 Å². The minimum atomic E-state index is -1.07. The average Bonchev–Trinajstić information content (AvgIpc) is 3.40. The molecule has 4 nitrogen and oxygen atoms in total. The summed E-state index contributed by atoms with van der Waals surface area (Å²) in [5, 5.41) is 16.4. The Morgan fingerprint density at radius 3 is 2.60 bits per heavy atom. The molecule has 4 heteroatoms. The number of aromatic amines is 1. The SMILES string of the molecule is C=C[C@]1(C)CC[C@H]2C(C)(C)c3cccc4[nH]c5c(c34)[C@]2(O)[C@@]1([NH2+][CH2-])[C@@H]1O[C@@H]1C5(C)C. The minimum Gasteiger partial charge on any atom is -0.468 e. The molecule has 160 valence electrons. The van der Waals surface area contributed by atoms with Crippen molar-refractivity contribution in [1.29, 1.82) is 0 Å². The van der Waals surface area contributed by atoms with E-state index in [-0.39, 0.29) is 34.4 Å². The van der Waals surface area contributed by atoms with Crippen LogP contribution in [0.1, 0.15) is 64.3 Å². The number of fused-ring (bicyclic) bond motifs is 2. The fourth-order valence-corrected chi connectivity index (χ4v) is 8.15. The minimum absolute atomic E-state index is 0.0408. The van der Waals surface area contributed by atoms with Gasteiger partial charge in [0.05, 0.1) is 0 Å². The average molecular weight is 407 g/mol. The molecule has 0 spiro atoms. The van der Waals surface area contributed by atoms with Crippen LogP contribution < -0.4 is 5.32 Å². The number of nitrogens with one attached hydrogen (secondary N) is 1. The van der Waals surface area contributed by atoms with E-state index in [4.69, 9.17) is 4.74 Å². The Hall–Kier alpha value is -1.62. The highest BCUT2D eigenvalue weighted by atomic mass is 16.6. The van der Waals surface area contributed by atoms with Crippen LogP contribution in [-0.4, -0.2) is 27.8 Å². The number of benzene rings is 1. The Bertz CT molecular complexity index is 1110. The molecule has 6 atom stereocenters. The molecule has 0 unspecified atom stereocenters. The first kappa shape index (κ1) is 19.1. The van der Waals surface area contributed by atoms with Crippen molar-refractivity contribution in [3.63, 3.8) is 0 Å². The van der Waals surface area contributed by atoms with Crippen LogP contribution in [0.2, 0.25) is 0 Å². The third-order valence-corrected chi connectivity index (χ3v) is 9.87. The van der Waals surface area contributed by atoms with Crippen LogP contribution in [0, 0.1) is 18.4 Å². The second kappa shape index (κ2) is 5.06. The lowest BCUT2D eigenvalue weighted by Gasteiger charge is -2.64. The Kier molecular flexibility index (Phi) is 3.22. The molecule has 30 heavy (non-hydrogen) atoms. The van der Waals surface area contributed by atoms with Crippen molar-refractivity contribution in [2.45, 2.75) is 81.6 Å².